The molecule has 8 heteroatoms. The Balaban J connectivity index is 1.71. The number of nitrogens with one attached hydrogen (secondary N) is 3. The lowest BCUT2D eigenvalue weighted by Gasteiger charge is -2.09. The molecular weight excluding hydrogens is 346 g/mol. The molecule has 2 amide bonds. The van der Waals surface area contributed by atoms with Crippen LogP contribution in [0.25, 0.3) is 0 Å². The second kappa shape index (κ2) is 8.13. The molecule has 0 atom stereocenters. The van der Waals surface area contributed by atoms with E-state index in [-0.39, 0.29) is 17.5 Å². The normalized spacial score (nSPS) is 10.3. The van der Waals surface area contributed by atoms with E-state index in [4.69, 9.17) is 4.42 Å². The third-order valence-electron chi connectivity index (χ3n) is 3.53. The Bertz CT molecular complexity index is 954. The van der Waals surface area contributed by atoms with Crippen molar-refractivity contribution in [3.05, 3.63) is 65.9 Å². The van der Waals surface area contributed by atoms with E-state index in [1.807, 2.05) is 6.07 Å². The fraction of sp³-hybridized carbons (Fsp3) is 0.158. The summed E-state index contributed by atoms with van der Waals surface area (Å²) in [5.41, 5.74) is 2.03. The summed E-state index contributed by atoms with van der Waals surface area (Å²) in [5, 5.41) is 8.48. The first kappa shape index (κ1) is 18.1. The van der Waals surface area contributed by atoms with Crippen molar-refractivity contribution in [3.63, 3.8) is 0 Å². The Labute approximate surface area is 156 Å². The zero-order valence-electron chi connectivity index (χ0n) is 14.9. The number of rotatable bonds is 6. The molecule has 138 valence electrons. The molecule has 3 aromatic rings. The summed E-state index contributed by atoms with van der Waals surface area (Å²) < 4.78 is 5.25. The predicted octanol–water partition coefficient (Wildman–Crippen LogP) is 3.20. The van der Waals surface area contributed by atoms with Crippen LogP contribution in [0.4, 0.5) is 17.3 Å². The molecule has 0 spiro atoms. The summed E-state index contributed by atoms with van der Waals surface area (Å²) in [6.45, 7) is 3.62. The quantitative estimate of drug-likeness (QED) is 0.619. The highest BCUT2D eigenvalue weighted by Crippen LogP contribution is 2.16. The lowest BCUT2D eigenvalue weighted by Crippen LogP contribution is -2.16. The summed E-state index contributed by atoms with van der Waals surface area (Å²) in [6.07, 6.45) is 1.59. The highest BCUT2D eigenvalue weighted by molar-refractivity contribution is 6.03. The Morgan fingerprint density at radius 3 is 2.52 bits per heavy atom. The van der Waals surface area contributed by atoms with E-state index in [9.17, 15) is 9.59 Å². The van der Waals surface area contributed by atoms with Crippen LogP contribution in [-0.4, -0.2) is 21.8 Å². The maximum Gasteiger partial charge on any atom is 0.274 e. The van der Waals surface area contributed by atoms with Crippen LogP contribution in [0.1, 0.15) is 28.9 Å². The zero-order valence-corrected chi connectivity index (χ0v) is 14.9. The molecule has 0 saturated heterocycles. The van der Waals surface area contributed by atoms with Gasteiger partial charge in [-0.1, -0.05) is 6.07 Å². The van der Waals surface area contributed by atoms with Crippen LogP contribution in [0.2, 0.25) is 0 Å². The average molecular weight is 365 g/mol. The van der Waals surface area contributed by atoms with Gasteiger partial charge in [0.2, 0.25) is 11.9 Å². The molecule has 2 heterocycles. The summed E-state index contributed by atoms with van der Waals surface area (Å²) in [6, 6.07) is 12.1. The first-order chi connectivity index (χ1) is 13.0. The smallest absolute Gasteiger partial charge is 0.274 e. The number of furan rings is 1. The van der Waals surface area contributed by atoms with E-state index in [1.165, 1.54) is 6.92 Å². The van der Waals surface area contributed by atoms with Gasteiger partial charge in [0, 0.05) is 24.0 Å². The van der Waals surface area contributed by atoms with E-state index in [0.717, 1.165) is 5.76 Å². The number of aromatic nitrogens is 2. The third-order valence-corrected chi connectivity index (χ3v) is 3.53. The van der Waals surface area contributed by atoms with Crippen molar-refractivity contribution >= 4 is 29.1 Å². The minimum atomic E-state index is -0.374. The monoisotopic (exact) mass is 365 g/mol. The van der Waals surface area contributed by atoms with Crippen LogP contribution in [0.3, 0.4) is 0 Å². The van der Waals surface area contributed by atoms with Gasteiger partial charge in [0.1, 0.15) is 11.5 Å². The number of carbonyl (C=O) groups excluding carboxylic acids is 2. The van der Waals surface area contributed by atoms with Gasteiger partial charge in [0.05, 0.1) is 12.8 Å². The Kier molecular flexibility index (Phi) is 5.46. The SMILES string of the molecule is CC(=O)Nc1cccc(NC(=O)c2cc(C)nc(NCc3ccco3)n2)c1. The minimum absolute atomic E-state index is 0.183. The summed E-state index contributed by atoms with van der Waals surface area (Å²) >= 11 is 0. The van der Waals surface area contributed by atoms with Gasteiger partial charge in [-0.05, 0) is 43.3 Å². The van der Waals surface area contributed by atoms with E-state index >= 15 is 0 Å². The lowest BCUT2D eigenvalue weighted by molar-refractivity contribution is -0.114. The largest absolute Gasteiger partial charge is 0.467 e. The molecule has 8 nitrogen and oxygen atoms in total. The summed E-state index contributed by atoms with van der Waals surface area (Å²) in [7, 11) is 0. The molecule has 0 aliphatic heterocycles. The molecule has 0 saturated carbocycles. The van der Waals surface area contributed by atoms with Crippen molar-refractivity contribution in [1.29, 1.82) is 0 Å². The fourth-order valence-electron chi connectivity index (χ4n) is 2.42. The van der Waals surface area contributed by atoms with Gasteiger partial charge >= 0.3 is 0 Å². The van der Waals surface area contributed by atoms with Crippen molar-refractivity contribution in [3.8, 4) is 0 Å². The van der Waals surface area contributed by atoms with Gasteiger partial charge in [-0.2, -0.15) is 0 Å². The van der Waals surface area contributed by atoms with Crippen LogP contribution in [-0.2, 0) is 11.3 Å². The van der Waals surface area contributed by atoms with Gasteiger partial charge in [-0.25, -0.2) is 9.97 Å². The zero-order chi connectivity index (χ0) is 19.2. The number of benzene rings is 1. The van der Waals surface area contributed by atoms with Crippen molar-refractivity contribution < 1.29 is 14.0 Å². The van der Waals surface area contributed by atoms with E-state index < -0.39 is 0 Å². The van der Waals surface area contributed by atoms with Gasteiger partial charge in [0.15, 0.2) is 0 Å². The Morgan fingerprint density at radius 1 is 1.04 bits per heavy atom. The number of hydrogen-bond donors (Lipinski definition) is 3. The van der Waals surface area contributed by atoms with E-state index in [0.29, 0.717) is 29.6 Å². The average Bonchev–Trinajstić information content (AvgIpc) is 3.13. The van der Waals surface area contributed by atoms with E-state index in [2.05, 4.69) is 25.9 Å². The molecule has 3 rings (SSSR count). The highest BCUT2D eigenvalue weighted by Gasteiger charge is 2.12. The van der Waals surface area contributed by atoms with Crippen molar-refractivity contribution in [2.45, 2.75) is 20.4 Å². The number of anilines is 3. The van der Waals surface area contributed by atoms with Crippen molar-refractivity contribution in [2.75, 3.05) is 16.0 Å². The van der Waals surface area contributed by atoms with Gasteiger partial charge in [-0.15, -0.1) is 0 Å². The predicted molar refractivity (Wildman–Crippen MR) is 102 cm³/mol. The molecule has 27 heavy (non-hydrogen) atoms. The van der Waals surface area contributed by atoms with Gasteiger partial charge < -0.3 is 20.4 Å². The molecule has 0 bridgehead atoms. The van der Waals surface area contributed by atoms with Crippen molar-refractivity contribution in [1.82, 2.24) is 9.97 Å². The minimum Gasteiger partial charge on any atom is -0.467 e. The molecular formula is C19H19N5O3. The first-order valence-electron chi connectivity index (χ1n) is 8.30. The fourth-order valence-corrected chi connectivity index (χ4v) is 2.42. The number of carbonyl (C=O) groups is 2. The molecule has 0 aliphatic rings. The van der Waals surface area contributed by atoms with Crippen LogP contribution in [0, 0.1) is 6.92 Å². The molecule has 0 unspecified atom stereocenters. The summed E-state index contributed by atoms with van der Waals surface area (Å²) in [5.74, 6) is 0.517. The molecule has 2 aromatic heterocycles. The first-order valence-corrected chi connectivity index (χ1v) is 8.30. The van der Waals surface area contributed by atoms with Crippen LogP contribution >= 0.6 is 0 Å². The second-order valence-corrected chi connectivity index (χ2v) is 5.87. The number of amides is 2. The lowest BCUT2D eigenvalue weighted by atomic mass is 10.2. The standard InChI is InChI=1S/C19H19N5O3/c1-12-9-17(24-19(21-12)20-11-16-7-4-8-27-16)18(26)23-15-6-3-5-14(10-15)22-13(2)25/h3-10H,11H2,1-2H3,(H,22,25)(H,23,26)(H,20,21,24). The molecule has 0 aliphatic carbocycles. The van der Waals surface area contributed by atoms with Crippen LogP contribution < -0.4 is 16.0 Å². The molecule has 3 N–H and O–H groups in total. The number of nitrogens with zero attached hydrogens (tertiary/aromatic N) is 2. The van der Waals surface area contributed by atoms with Crippen LogP contribution in [0.5, 0.6) is 0 Å². The van der Waals surface area contributed by atoms with Crippen molar-refractivity contribution in [2.24, 2.45) is 0 Å². The van der Waals surface area contributed by atoms with Gasteiger partial charge in [-0.3, -0.25) is 9.59 Å². The molecule has 0 radical (unpaired) electrons. The second-order valence-electron chi connectivity index (χ2n) is 5.87. The third kappa shape index (κ3) is 5.15. The highest BCUT2D eigenvalue weighted by atomic mass is 16.3. The Morgan fingerprint density at radius 2 is 1.81 bits per heavy atom. The van der Waals surface area contributed by atoms with Gasteiger partial charge in [0.25, 0.3) is 5.91 Å². The maximum absolute atomic E-state index is 12.5. The Hall–Kier alpha value is -3.68. The number of hydrogen-bond acceptors (Lipinski definition) is 6. The topological polar surface area (TPSA) is 109 Å². The summed E-state index contributed by atoms with van der Waals surface area (Å²) in [4.78, 5) is 32.2. The van der Waals surface area contributed by atoms with E-state index in [1.54, 1.807) is 49.6 Å². The molecule has 0 fully saturated rings. The van der Waals surface area contributed by atoms with Crippen LogP contribution in [0.15, 0.2) is 53.1 Å². The number of aryl methyl sites for hydroxylation is 1. The maximum atomic E-state index is 12.5. The molecule has 1 aromatic carbocycles.